The number of piperazine rings is 1. The molecular formula is C13H27N3O. The third kappa shape index (κ3) is 4.54. The molecular weight excluding hydrogens is 214 g/mol. The first-order valence-corrected chi connectivity index (χ1v) is 7.15. The van der Waals surface area contributed by atoms with Crippen LogP contribution in [0, 0.1) is 0 Å². The molecule has 0 radical (unpaired) electrons. The van der Waals surface area contributed by atoms with Gasteiger partial charge in [-0.2, -0.15) is 0 Å². The average molecular weight is 241 g/mol. The van der Waals surface area contributed by atoms with Crippen molar-refractivity contribution in [1.29, 1.82) is 0 Å². The lowest BCUT2D eigenvalue weighted by Crippen LogP contribution is -2.48. The predicted octanol–water partition coefficient (Wildman–Crippen LogP) is 0.393. The average Bonchev–Trinajstić information content (AvgIpc) is 2.88. The second-order valence-electron chi connectivity index (χ2n) is 5.12. The largest absolute Gasteiger partial charge is 0.377 e. The Bertz CT molecular complexity index is 199. The molecule has 1 unspecified atom stereocenters. The van der Waals surface area contributed by atoms with Crippen molar-refractivity contribution in [2.75, 3.05) is 59.0 Å². The second-order valence-corrected chi connectivity index (χ2v) is 5.12. The van der Waals surface area contributed by atoms with Crippen LogP contribution in [0.15, 0.2) is 0 Å². The summed E-state index contributed by atoms with van der Waals surface area (Å²) in [5.41, 5.74) is 0. The maximum absolute atomic E-state index is 5.59. The Morgan fingerprint density at radius 2 is 1.94 bits per heavy atom. The van der Waals surface area contributed by atoms with E-state index in [2.05, 4.69) is 22.0 Å². The molecule has 0 amide bonds. The first-order valence-electron chi connectivity index (χ1n) is 7.15. The standard InChI is InChI=1S/C13H27N3O/c1-2-15-7-9-16(10-8-15)6-5-14-12-13-4-3-11-17-13/h13-14H,2-12H2,1H3. The highest BCUT2D eigenvalue weighted by atomic mass is 16.5. The molecule has 2 heterocycles. The number of nitrogens with zero attached hydrogens (tertiary/aromatic N) is 2. The summed E-state index contributed by atoms with van der Waals surface area (Å²) in [6.45, 7) is 12.7. The van der Waals surface area contributed by atoms with Crippen molar-refractivity contribution in [3.8, 4) is 0 Å². The zero-order valence-corrected chi connectivity index (χ0v) is 11.2. The normalized spacial score (nSPS) is 27.7. The van der Waals surface area contributed by atoms with Gasteiger partial charge in [-0.25, -0.2) is 0 Å². The smallest absolute Gasteiger partial charge is 0.0700 e. The molecule has 2 saturated heterocycles. The molecule has 2 rings (SSSR count). The number of likely N-dealkylation sites (N-methyl/N-ethyl adjacent to an activating group) is 1. The van der Waals surface area contributed by atoms with E-state index in [1.807, 2.05) is 0 Å². The van der Waals surface area contributed by atoms with Crippen LogP contribution in [0.5, 0.6) is 0 Å². The van der Waals surface area contributed by atoms with Crippen LogP contribution < -0.4 is 5.32 Å². The van der Waals surface area contributed by atoms with Crippen LogP contribution in [-0.4, -0.2) is 74.9 Å². The fourth-order valence-electron chi connectivity index (χ4n) is 2.63. The minimum atomic E-state index is 0.479. The van der Waals surface area contributed by atoms with Crippen molar-refractivity contribution < 1.29 is 4.74 Å². The van der Waals surface area contributed by atoms with Crippen molar-refractivity contribution in [3.63, 3.8) is 0 Å². The van der Waals surface area contributed by atoms with Crippen LogP contribution in [0.25, 0.3) is 0 Å². The summed E-state index contributed by atoms with van der Waals surface area (Å²) in [6.07, 6.45) is 2.96. The molecule has 17 heavy (non-hydrogen) atoms. The van der Waals surface area contributed by atoms with Gasteiger partial charge in [0.1, 0.15) is 0 Å². The van der Waals surface area contributed by atoms with Gasteiger partial charge < -0.3 is 15.0 Å². The summed E-state index contributed by atoms with van der Waals surface area (Å²) >= 11 is 0. The number of hydrogen-bond donors (Lipinski definition) is 1. The predicted molar refractivity (Wildman–Crippen MR) is 70.4 cm³/mol. The first-order chi connectivity index (χ1) is 8.38. The van der Waals surface area contributed by atoms with E-state index in [0.29, 0.717) is 6.10 Å². The Kier molecular flexibility index (Phi) is 5.71. The molecule has 4 nitrogen and oxygen atoms in total. The molecule has 100 valence electrons. The van der Waals surface area contributed by atoms with Crippen LogP contribution in [0.4, 0.5) is 0 Å². The fourth-order valence-corrected chi connectivity index (χ4v) is 2.63. The quantitative estimate of drug-likeness (QED) is 0.681. The molecule has 2 aliphatic rings. The number of nitrogens with one attached hydrogen (secondary N) is 1. The summed E-state index contributed by atoms with van der Waals surface area (Å²) in [4.78, 5) is 5.09. The molecule has 0 aromatic heterocycles. The van der Waals surface area contributed by atoms with Gasteiger partial charge in [-0.3, -0.25) is 4.90 Å². The lowest BCUT2D eigenvalue weighted by Gasteiger charge is -2.34. The Labute approximate surface area is 105 Å². The van der Waals surface area contributed by atoms with Gasteiger partial charge in [0.15, 0.2) is 0 Å². The molecule has 2 fully saturated rings. The lowest BCUT2D eigenvalue weighted by molar-refractivity contribution is 0.106. The summed E-state index contributed by atoms with van der Waals surface area (Å²) in [5, 5.41) is 3.52. The van der Waals surface area contributed by atoms with Crippen molar-refractivity contribution >= 4 is 0 Å². The molecule has 4 heteroatoms. The minimum absolute atomic E-state index is 0.479. The first kappa shape index (κ1) is 13.3. The third-order valence-electron chi connectivity index (χ3n) is 3.91. The lowest BCUT2D eigenvalue weighted by atomic mass is 10.2. The second kappa shape index (κ2) is 7.31. The maximum Gasteiger partial charge on any atom is 0.0700 e. The van der Waals surface area contributed by atoms with Gasteiger partial charge in [0, 0.05) is 52.4 Å². The Hall–Kier alpha value is -0.160. The van der Waals surface area contributed by atoms with Crippen molar-refractivity contribution in [2.24, 2.45) is 0 Å². The molecule has 0 saturated carbocycles. The minimum Gasteiger partial charge on any atom is -0.377 e. The topological polar surface area (TPSA) is 27.7 Å². The SMILES string of the molecule is CCN1CCN(CCNCC2CCCO2)CC1. The van der Waals surface area contributed by atoms with Gasteiger partial charge in [0.25, 0.3) is 0 Å². The number of rotatable bonds is 6. The highest BCUT2D eigenvalue weighted by Crippen LogP contribution is 2.10. The third-order valence-corrected chi connectivity index (χ3v) is 3.91. The Morgan fingerprint density at radius 3 is 2.59 bits per heavy atom. The molecule has 0 aromatic carbocycles. The van der Waals surface area contributed by atoms with E-state index in [9.17, 15) is 0 Å². The van der Waals surface area contributed by atoms with Crippen molar-refractivity contribution in [3.05, 3.63) is 0 Å². The summed E-state index contributed by atoms with van der Waals surface area (Å²) < 4.78 is 5.59. The van der Waals surface area contributed by atoms with E-state index in [0.717, 1.165) is 19.7 Å². The van der Waals surface area contributed by atoms with Gasteiger partial charge in [-0.05, 0) is 19.4 Å². The van der Waals surface area contributed by atoms with Crippen LogP contribution in [0.1, 0.15) is 19.8 Å². The number of ether oxygens (including phenoxy) is 1. The number of hydrogen-bond acceptors (Lipinski definition) is 4. The van der Waals surface area contributed by atoms with E-state index in [-0.39, 0.29) is 0 Å². The van der Waals surface area contributed by atoms with Gasteiger partial charge >= 0.3 is 0 Å². The molecule has 2 aliphatic heterocycles. The molecule has 1 N–H and O–H groups in total. The van der Waals surface area contributed by atoms with Gasteiger partial charge in [-0.1, -0.05) is 6.92 Å². The molecule has 1 atom stereocenters. The maximum atomic E-state index is 5.59. The zero-order valence-electron chi connectivity index (χ0n) is 11.2. The van der Waals surface area contributed by atoms with Gasteiger partial charge in [-0.15, -0.1) is 0 Å². The Balaban J connectivity index is 1.48. The fraction of sp³-hybridized carbons (Fsp3) is 1.00. The van der Waals surface area contributed by atoms with Crippen LogP contribution in [-0.2, 0) is 4.74 Å². The molecule has 0 aromatic rings. The summed E-state index contributed by atoms with van der Waals surface area (Å²) in [7, 11) is 0. The Morgan fingerprint density at radius 1 is 1.18 bits per heavy atom. The molecule has 0 bridgehead atoms. The highest BCUT2D eigenvalue weighted by Gasteiger charge is 2.16. The van der Waals surface area contributed by atoms with E-state index in [4.69, 9.17) is 4.74 Å². The molecule has 0 aliphatic carbocycles. The van der Waals surface area contributed by atoms with Gasteiger partial charge in [0.05, 0.1) is 6.10 Å². The summed E-state index contributed by atoms with van der Waals surface area (Å²) in [5.74, 6) is 0. The van der Waals surface area contributed by atoms with Crippen molar-refractivity contribution in [2.45, 2.75) is 25.9 Å². The molecule has 0 spiro atoms. The summed E-state index contributed by atoms with van der Waals surface area (Å²) in [6, 6.07) is 0. The highest BCUT2D eigenvalue weighted by molar-refractivity contribution is 4.72. The van der Waals surface area contributed by atoms with E-state index >= 15 is 0 Å². The van der Waals surface area contributed by atoms with E-state index in [1.165, 1.54) is 52.1 Å². The van der Waals surface area contributed by atoms with Crippen LogP contribution in [0.2, 0.25) is 0 Å². The zero-order chi connectivity index (χ0) is 11.9. The van der Waals surface area contributed by atoms with E-state index < -0.39 is 0 Å². The van der Waals surface area contributed by atoms with Crippen molar-refractivity contribution in [1.82, 2.24) is 15.1 Å². The van der Waals surface area contributed by atoms with Gasteiger partial charge in [0.2, 0.25) is 0 Å². The van der Waals surface area contributed by atoms with E-state index in [1.54, 1.807) is 0 Å². The van der Waals surface area contributed by atoms with Crippen LogP contribution >= 0.6 is 0 Å². The monoisotopic (exact) mass is 241 g/mol. The van der Waals surface area contributed by atoms with Crippen LogP contribution in [0.3, 0.4) is 0 Å².